The van der Waals surface area contributed by atoms with E-state index in [9.17, 15) is 9.59 Å². The molecule has 1 amide bonds. The molecule has 122 valence electrons. The third-order valence-electron chi connectivity index (χ3n) is 7.01. The smallest absolute Gasteiger partial charge is 0.256 e. The van der Waals surface area contributed by atoms with Gasteiger partial charge in [-0.3, -0.25) is 9.59 Å². The second-order valence-corrected chi connectivity index (χ2v) is 8.13. The first kappa shape index (κ1) is 13.8. The molecule has 23 heavy (non-hydrogen) atoms. The van der Waals surface area contributed by atoms with E-state index in [-0.39, 0.29) is 11.7 Å². The molecule has 4 heteroatoms. The number of hydrogen-bond acceptors (Lipinski definition) is 2. The van der Waals surface area contributed by atoms with Crippen LogP contribution < -0.4 is 0 Å². The molecule has 2 bridgehead atoms. The van der Waals surface area contributed by atoms with Gasteiger partial charge in [-0.1, -0.05) is 0 Å². The Labute approximate surface area is 136 Å². The predicted octanol–water partition coefficient (Wildman–Crippen LogP) is 2.96. The van der Waals surface area contributed by atoms with Crippen molar-refractivity contribution in [1.29, 1.82) is 0 Å². The number of aromatic nitrogens is 1. The van der Waals surface area contributed by atoms with Crippen molar-refractivity contribution in [2.45, 2.75) is 45.4 Å². The summed E-state index contributed by atoms with van der Waals surface area (Å²) in [5.74, 6) is 3.41. The van der Waals surface area contributed by atoms with Crippen LogP contribution in [-0.2, 0) is 6.42 Å². The Morgan fingerprint density at radius 3 is 2.52 bits per heavy atom. The zero-order valence-corrected chi connectivity index (χ0v) is 13.7. The van der Waals surface area contributed by atoms with Crippen molar-refractivity contribution in [3.8, 4) is 0 Å². The normalized spacial score (nSPS) is 34.8. The van der Waals surface area contributed by atoms with E-state index in [1.54, 1.807) is 0 Å². The summed E-state index contributed by atoms with van der Waals surface area (Å²) in [5.41, 5.74) is 3.26. The number of H-pyrrole nitrogens is 1. The summed E-state index contributed by atoms with van der Waals surface area (Å²) < 4.78 is 0. The number of Topliss-reactive ketones (excluding diaryl/α,β-unsaturated/α-hetero) is 1. The van der Waals surface area contributed by atoms with Crippen LogP contribution in [-0.4, -0.2) is 34.7 Å². The van der Waals surface area contributed by atoms with E-state index in [2.05, 4.69) is 9.88 Å². The van der Waals surface area contributed by atoms with Crippen LogP contribution in [0.3, 0.4) is 0 Å². The molecule has 2 heterocycles. The van der Waals surface area contributed by atoms with Crippen molar-refractivity contribution in [2.24, 2.45) is 23.7 Å². The van der Waals surface area contributed by atoms with E-state index in [1.165, 1.54) is 19.3 Å². The number of ketones is 1. The second-order valence-electron chi connectivity index (χ2n) is 8.13. The Morgan fingerprint density at radius 1 is 1.13 bits per heavy atom. The minimum absolute atomic E-state index is 0.101. The number of carbonyl (C=O) groups is 2. The highest BCUT2D eigenvalue weighted by molar-refractivity contribution is 6.10. The monoisotopic (exact) mass is 312 g/mol. The topological polar surface area (TPSA) is 53.2 Å². The van der Waals surface area contributed by atoms with Gasteiger partial charge in [-0.2, -0.15) is 0 Å². The van der Waals surface area contributed by atoms with Gasteiger partial charge in [0, 0.05) is 30.9 Å². The van der Waals surface area contributed by atoms with Crippen molar-refractivity contribution in [3.63, 3.8) is 0 Å². The summed E-state index contributed by atoms with van der Waals surface area (Å²) in [5, 5.41) is 0. The Balaban J connectivity index is 1.46. The average Bonchev–Trinajstić information content (AvgIpc) is 3.26. The first-order valence-electron chi connectivity index (χ1n) is 9.17. The lowest BCUT2D eigenvalue weighted by Crippen LogP contribution is -2.32. The minimum atomic E-state index is 0.101. The van der Waals surface area contributed by atoms with Gasteiger partial charge in [0.15, 0.2) is 5.78 Å². The van der Waals surface area contributed by atoms with Crippen LogP contribution in [0.5, 0.6) is 0 Å². The number of nitrogens with zero attached hydrogens (tertiary/aromatic N) is 1. The van der Waals surface area contributed by atoms with Gasteiger partial charge in [-0.25, -0.2) is 0 Å². The number of hydrogen-bond donors (Lipinski definition) is 1. The fourth-order valence-corrected chi connectivity index (χ4v) is 6.01. The molecular weight excluding hydrogens is 288 g/mol. The van der Waals surface area contributed by atoms with Crippen LogP contribution in [0.2, 0.25) is 0 Å². The Kier molecular flexibility index (Phi) is 2.83. The minimum Gasteiger partial charge on any atom is -0.361 e. The number of aryl methyl sites for hydroxylation is 2. The Bertz CT molecular complexity index is 686. The molecule has 0 unspecified atom stereocenters. The summed E-state index contributed by atoms with van der Waals surface area (Å²) in [4.78, 5) is 30.9. The number of amides is 1. The van der Waals surface area contributed by atoms with Crippen molar-refractivity contribution >= 4 is 11.7 Å². The molecule has 1 aliphatic heterocycles. The first-order chi connectivity index (χ1) is 11.1. The highest BCUT2D eigenvalue weighted by atomic mass is 16.2. The molecule has 4 atom stereocenters. The molecule has 2 saturated carbocycles. The molecule has 1 aromatic heterocycles. The fourth-order valence-electron chi connectivity index (χ4n) is 6.01. The number of aromatic amines is 1. The molecule has 5 rings (SSSR count). The van der Waals surface area contributed by atoms with Gasteiger partial charge < -0.3 is 9.88 Å². The number of carbonyl (C=O) groups excluding carboxylic acids is 2. The van der Waals surface area contributed by atoms with Crippen LogP contribution in [0.15, 0.2) is 0 Å². The average molecular weight is 312 g/mol. The van der Waals surface area contributed by atoms with Crippen LogP contribution in [0.1, 0.15) is 64.2 Å². The molecular formula is C19H24N2O2. The summed E-state index contributed by atoms with van der Waals surface area (Å²) in [6.07, 6.45) is 6.51. The lowest BCUT2D eigenvalue weighted by Gasteiger charge is -2.22. The molecule has 3 fully saturated rings. The molecule has 0 spiro atoms. The van der Waals surface area contributed by atoms with Crippen LogP contribution in [0.25, 0.3) is 0 Å². The number of likely N-dealkylation sites (tertiary alicyclic amines) is 1. The molecule has 4 aliphatic rings. The SMILES string of the molecule is Cc1[nH]c2c(c1C(=O)N1C[C@@H]3[C@@H]4CC[C@@H](C4)[C@@H]3C1)C(=O)CCC2. The molecule has 1 saturated heterocycles. The second kappa shape index (κ2) is 4.71. The summed E-state index contributed by atoms with van der Waals surface area (Å²) >= 11 is 0. The highest BCUT2D eigenvalue weighted by Gasteiger charge is 2.52. The Morgan fingerprint density at radius 2 is 1.83 bits per heavy atom. The molecule has 1 aromatic rings. The van der Waals surface area contributed by atoms with Gasteiger partial charge in [-0.15, -0.1) is 0 Å². The lowest BCUT2D eigenvalue weighted by molar-refractivity contribution is 0.0769. The maximum atomic E-state index is 13.2. The fraction of sp³-hybridized carbons (Fsp3) is 0.684. The van der Waals surface area contributed by atoms with Gasteiger partial charge in [-0.05, 0) is 62.7 Å². The molecule has 1 N–H and O–H groups in total. The van der Waals surface area contributed by atoms with E-state index in [0.29, 0.717) is 17.5 Å². The van der Waals surface area contributed by atoms with Crippen LogP contribution in [0, 0.1) is 30.6 Å². The standard InChI is InChI=1S/C19H24N2O2/c1-10-17(18-15(20-10)3-2-4-16(18)22)19(23)21-8-13-11-5-6-12(7-11)14(13)9-21/h11-14,20H,2-9H2,1H3/t11-,12+,13-,14+. The number of fused-ring (bicyclic) bond motifs is 6. The van der Waals surface area contributed by atoms with E-state index in [0.717, 1.165) is 61.0 Å². The molecule has 4 nitrogen and oxygen atoms in total. The van der Waals surface area contributed by atoms with E-state index in [1.807, 2.05) is 6.92 Å². The summed E-state index contributed by atoms with van der Waals surface area (Å²) in [6, 6.07) is 0. The zero-order valence-electron chi connectivity index (χ0n) is 13.7. The summed E-state index contributed by atoms with van der Waals surface area (Å²) in [7, 11) is 0. The largest absolute Gasteiger partial charge is 0.361 e. The predicted molar refractivity (Wildman–Crippen MR) is 86.5 cm³/mol. The molecule has 0 radical (unpaired) electrons. The molecule has 3 aliphatic carbocycles. The third-order valence-corrected chi connectivity index (χ3v) is 7.01. The zero-order chi connectivity index (χ0) is 15.7. The van der Waals surface area contributed by atoms with E-state index in [4.69, 9.17) is 0 Å². The van der Waals surface area contributed by atoms with Crippen molar-refractivity contribution in [1.82, 2.24) is 9.88 Å². The number of rotatable bonds is 1. The third kappa shape index (κ3) is 1.84. The highest BCUT2D eigenvalue weighted by Crippen LogP contribution is 2.55. The lowest BCUT2D eigenvalue weighted by atomic mass is 9.82. The van der Waals surface area contributed by atoms with Crippen LogP contribution >= 0.6 is 0 Å². The van der Waals surface area contributed by atoms with Gasteiger partial charge in [0.05, 0.1) is 11.1 Å². The van der Waals surface area contributed by atoms with E-state index >= 15 is 0 Å². The van der Waals surface area contributed by atoms with Crippen LogP contribution in [0.4, 0.5) is 0 Å². The molecule has 0 aromatic carbocycles. The van der Waals surface area contributed by atoms with Gasteiger partial charge in [0.1, 0.15) is 0 Å². The Hall–Kier alpha value is -1.58. The number of nitrogens with one attached hydrogen (secondary N) is 1. The summed E-state index contributed by atoms with van der Waals surface area (Å²) in [6.45, 7) is 3.77. The maximum Gasteiger partial charge on any atom is 0.256 e. The van der Waals surface area contributed by atoms with Gasteiger partial charge in [0.2, 0.25) is 0 Å². The van der Waals surface area contributed by atoms with Crippen molar-refractivity contribution < 1.29 is 9.59 Å². The van der Waals surface area contributed by atoms with Gasteiger partial charge in [0.25, 0.3) is 5.91 Å². The van der Waals surface area contributed by atoms with E-state index < -0.39 is 0 Å². The van der Waals surface area contributed by atoms with Gasteiger partial charge >= 0.3 is 0 Å². The quantitative estimate of drug-likeness (QED) is 0.867. The first-order valence-corrected chi connectivity index (χ1v) is 9.17. The van der Waals surface area contributed by atoms with Crippen molar-refractivity contribution in [2.75, 3.05) is 13.1 Å². The van der Waals surface area contributed by atoms with Crippen molar-refractivity contribution in [3.05, 3.63) is 22.5 Å². The maximum absolute atomic E-state index is 13.2.